The first-order valence-electron chi connectivity index (χ1n) is 13.7. The van der Waals surface area contributed by atoms with Crippen LogP contribution in [0.15, 0.2) is 88.8 Å². The van der Waals surface area contributed by atoms with Crippen molar-refractivity contribution in [3.8, 4) is 0 Å². The van der Waals surface area contributed by atoms with Gasteiger partial charge in [0, 0.05) is 39.8 Å². The normalized spacial score (nSPS) is 21.9. The van der Waals surface area contributed by atoms with Gasteiger partial charge in [0.25, 0.3) is 5.91 Å². The van der Waals surface area contributed by atoms with Gasteiger partial charge >= 0.3 is 0 Å². The Bertz CT molecular complexity index is 1570. The van der Waals surface area contributed by atoms with Gasteiger partial charge in [0.1, 0.15) is 0 Å². The lowest BCUT2D eigenvalue weighted by atomic mass is 9.85. The second-order valence-corrected chi connectivity index (χ2v) is 12.0. The van der Waals surface area contributed by atoms with Crippen LogP contribution in [0, 0.1) is 12.8 Å². The highest BCUT2D eigenvalue weighted by molar-refractivity contribution is 8.18. The minimum atomic E-state index is 0.0716. The van der Waals surface area contributed by atoms with Crippen LogP contribution in [0.25, 0.3) is 17.0 Å². The minimum Gasteiger partial charge on any atom is -0.340 e. The highest BCUT2D eigenvalue weighted by atomic mass is 35.5. The van der Waals surface area contributed by atoms with Crippen molar-refractivity contribution in [1.82, 2.24) is 9.47 Å². The molecule has 1 aromatic heterocycles. The molecule has 2 atom stereocenters. The molecule has 2 aliphatic rings. The summed E-state index contributed by atoms with van der Waals surface area (Å²) in [7, 11) is 0. The van der Waals surface area contributed by atoms with Gasteiger partial charge in [-0.25, -0.2) is 4.99 Å². The number of aliphatic imine (C=N–C) groups is 1. The standard InChI is InChI=1S/C33H32ClN3OS/c1-22-10-6-8-14-29(22)37-32(38)31(39-33(37)35-26-11-4-3-5-12-26)20-28-23(2)36(30-15-9-7-13-27(28)30)21-24-16-18-25(34)19-17-24/h3-5,7,9,11-13,15-20,22,29H,6,8,10,14,21H2,1-2H3/b31-20-,35-33?/t22-,29-/m1/s1. The number of amides is 1. The Morgan fingerprint density at radius 2 is 1.69 bits per heavy atom. The predicted octanol–water partition coefficient (Wildman–Crippen LogP) is 8.83. The molecule has 4 nitrogen and oxygen atoms in total. The Labute approximate surface area is 239 Å². The molecule has 3 aromatic carbocycles. The summed E-state index contributed by atoms with van der Waals surface area (Å²) in [5, 5.41) is 2.68. The number of carbonyl (C=O) groups is 1. The lowest BCUT2D eigenvalue weighted by Gasteiger charge is -2.35. The fourth-order valence-corrected chi connectivity index (χ4v) is 7.05. The van der Waals surface area contributed by atoms with Crippen molar-refractivity contribution in [2.45, 2.75) is 52.1 Å². The maximum Gasteiger partial charge on any atom is 0.267 e. The van der Waals surface area contributed by atoms with E-state index in [1.165, 1.54) is 23.7 Å². The summed E-state index contributed by atoms with van der Waals surface area (Å²) in [6, 6.07) is 26.6. The van der Waals surface area contributed by atoms with Crippen LogP contribution in [0.1, 0.15) is 49.4 Å². The molecule has 39 heavy (non-hydrogen) atoms. The van der Waals surface area contributed by atoms with Gasteiger partial charge in [-0.15, -0.1) is 0 Å². The van der Waals surface area contributed by atoms with Crippen LogP contribution in [-0.4, -0.2) is 26.6 Å². The van der Waals surface area contributed by atoms with Gasteiger partial charge < -0.3 is 4.57 Å². The number of hydrogen-bond acceptors (Lipinski definition) is 3. The van der Waals surface area contributed by atoms with Crippen LogP contribution < -0.4 is 0 Å². The van der Waals surface area contributed by atoms with Crippen LogP contribution in [0.5, 0.6) is 0 Å². The molecule has 1 amide bonds. The molecule has 1 aliphatic heterocycles. The van der Waals surface area contributed by atoms with Gasteiger partial charge in [-0.1, -0.05) is 79.9 Å². The molecule has 0 N–H and O–H groups in total. The number of benzene rings is 3. The summed E-state index contributed by atoms with van der Waals surface area (Å²) in [6.45, 7) is 5.16. The van der Waals surface area contributed by atoms with Gasteiger partial charge in [-0.2, -0.15) is 0 Å². The van der Waals surface area contributed by atoms with Gasteiger partial charge in [-0.3, -0.25) is 9.69 Å². The molecule has 2 fully saturated rings. The molecular weight excluding hydrogens is 522 g/mol. The summed E-state index contributed by atoms with van der Waals surface area (Å²) < 4.78 is 2.33. The highest BCUT2D eigenvalue weighted by Crippen LogP contribution is 2.41. The van der Waals surface area contributed by atoms with E-state index in [4.69, 9.17) is 16.6 Å². The molecule has 1 aliphatic carbocycles. The van der Waals surface area contributed by atoms with Crippen molar-refractivity contribution in [2.75, 3.05) is 0 Å². The van der Waals surface area contributed by atoms with E-state index in [1.807, 2.05) is 47.4 Å². The molecule has 1 saturated heterocycles. The van der Waals surface area contributed by atoms with E-state index < -0.39 is 0 Å². The fraction of sp³-hybridized carbons (Fsp3) is 0.273. The third-order valence-corrected chi connectivity index (χ3v) is 9.26. The summed E-state index contributed by atoms with van der Waals surface area (Å²) in [5.74, 6) is 0.522. The summed E-state index contributed by atoms with van der Waals surface area (Å²) in [5.41, 5.74) is 5.44. The van der Waals surface area contributed by atoms with E-state index in [0.717, 1.165) is 68.8 Å². The van der Waals surface area contributed by atoms with Crippen molar-refractivity contribution in [3.63, 3.8) is 0 Å². The van der Waals surface area contributed by atoms with E-state index in [2.05, 4.69) is 60.9 Å². The number of nitrogens with zero attached hydrogens (tertiary/aromatic N) is 3. The fourth-order valence-electron chi connectivity index (χ4n) is 5.90. The average molecular weight is 554 g/mol. The SMILES string of the molecule is Cc1c(/C=C2\SC(=Nc3ccccc3)N([C@@H]3CCCC[C@H]3C)C2=O)c2ccccc2n1Cc1ccc(Cl)cc1. The number of para-hydroxylation sites is 2. The zero-order valence-electron chi connectivity index (χ0n) is 22.3. The zero-order chi connectivity index (χ0) is 26.9. The highest BCUT2D eigenvalue weighted by Gasteiger charge is 2.41. The van der Waals surface area contributed by atoms with Crippen LogP contribution >= 0.6 is 23.4 Å². The number of rotatable bonds is 5. The Morgan fingerprint density at radius 3 is 2.46 bits per heavy atom. The Hall–Kier alpha value is -3.28. The molecule has 0 spiro atoms. The van der Waals surface area contributed by atoms with Crippen molar-refractivity contribution in [2.24, 2.45) is 10.9 Å². The van der Waals surface area contributed by atoms with Crippen LogP contribution in [-0.2, 0) is 11.3 Å². The number of aromatic nitrogens is 1. The van der Waals surface area contributed by atoms with Gasteiger partial charge in [0.15, 0.2) is 5.17 Å². The maximum absolute atomic E-state index is 14.1. The summed E-state index contributed by atoms with van der Waals surface area (Å²) in [6.07, 6.45) is 6.64. The van der Waals surface area contributed by atoms with Crippen molar-refractivity contribution >= 4 is 57.1 Å². The molecule has 0 radical (unpaired) electrons. The first-order chi connectivity index (χ1) is 19.0. The lowest BCUT2D eigenvalue weighted by Crippen LogP contribution is -2.44. The first kappa shape index (κ1) is 26.0. The number of halogens is 1. The smallest absolute Gasteiger partial charge is 0.267 e. The number of hydrogen-bond donors (Lipinski definition) is 0. The Balaban J connectivity index is 1.42. The lowest BCUT2D eigenvalue weighted by molar-refractivity contribution is -0.124. The maximum atomic E-state index is 14.1. The third kappa shape index (κ3) is 5.18. The molecule has 6 heteroatoms. The molecule has 1 saturated carbocycles. The molecule has 6 rings (SSSR count). The number of amidine groups is 1. The molecule has 0 bridgehead atoms. The first-order valence-corrected chi connectivity index (χ1v) is 14.9. The molecular formula is C33H32ClN3OS. The second-order valence-electron chi connectivity index (χ2n) is 10.6. The minimum absolute atomic E-state index is 0.0716. The zero-order valence-corrected chi connectivity index (χ0v) is 23.9. The third-order valence-electron chi connectivity index (χ3n) is 8.02. The van der Waals surface area contributed by atoms with Crippen molar-refractivity contribution in [1.29, 1.82) is 0 Å². The van der Waals surface area contributed by atoms with E-state index in [-0.39, 0.29) is 11.9 Å². The summed E-state index contributed by atoms with van der Waals surface area (Å²) in [4.78, 5) is 21.8. The van der Waals surface area contributed by atoms with E-state index in [0.29, 0.717) is 5.92 Å². The summed E-state index contributed by atoms with van der Waals surface area (Å²) >= 11 is 7.64. The largest absolute Gasteiger partial charge is 0.340 e. The van der Waals surface area contributed by atoms with Crippen molar-refractivity contribution < 1.29 is 4.79 Å². The topological polar surface area (TPSA) is 37.6 Å². The van der Waals surface area contributed by atoms with Gasteiger partial charge in [0.2, 0.25) is 0 Å². The monoisotopic (exact) mass is 553 g/mol. The van der Waals surface area contributed by atoms with Crippen LogP contribution in [0.3, 0.4) is 0 Å². The average Bonchev–Trinajstić information content (AvgIpc) is 3.39. The molecule has 2 heterocycles. The predicted molar refractivity (Wildman–Crippen MR) is 165 cm³/mol. The molecule has 198 valence electrons. The number of carbonyl (C=O) groups excluding carboxylic acids is 1. The molecule has 4 aromatic rings. The van der Waals surface area contributed by atoms with Crippen LogP contribution in [0.2, 0.25) is 5.02 Å². The van der Waals surface area contributed by atoms with Gasteiger partial charge in [0.05, 0.1) is 10.6 Å². The second kappa shape index (κ2) is 11.1. The number of thioether (sulfide) groups is 1. The van der Waals surface area contributed by atoms with E-state index in [9.17, 15) is 4.79 Å². The Kier molecular flexibility index (Phi) is 7.37. The van der Waals surface area contributed by atoms with Gasteiger partial charge in [-0.05, 0) is 79.4 Å². The molecule has 0 unspecified atom stereocenters. The Morgan fingerprint density at radius 1 is 0.974 bits per heavy atom. The van der Waals surface area contributed by atoms with Crippen LogP contribution in [0.4, 0.5) is 5.69 Å². The quantitative estimate of drug-likeness (QED) is 0.231. The van der Waals surface area contributed by atoms with E-state index in [1.54, 1.807) is 0 Å². The van der Waals surface area contributed by atoms with Crippen molar-refractivity contribution in [3.05, 3.63) is 106 Å². The number of fused-ring (bicyclic) bond motifs is 1. The van der Waals surface area contributed by atoms with E-state index >= 15 is 0 Å².